The van der Waals surface area contributed by atoms with Crippen molar-refractivity contribution in [2.24, 2.45) is 0 Å². The van der Waals surface area contributed by atoms with E-state index in [2.05, 4.69) is 15.0 Å². The van der Waals surface area contributed by atoms with Gasteiger partial charge in [-0.3, -0.25) is 4.98 Å². The van der Waals surface area contributed by atoms with Gasteiger partial charge < -0.3 is 4.74 Å². The van der Waals surface area contributed by atoms with E-state index in [0.717, 1.165) is 16.5 Å². The number of rotatable bonds is 2. The number of ether oxygens (including phenoxy) is 1. The summed E-state index contributed by atoms with van der Waals surface area (Å²) in [5.41, 5.74) is 2.57. The number of methoxy groups -OCH3 is 1. The average Bonchev–Trinajstić information content (AvgIpc) is 2.46. The molecule has 0 amide bonds. The van der Waals surface area contributed by atoms with Gasteiger partial charge in [-0.05, 0) is 12.1 Å². The average molecular weight is 237 g/mol. The van der Waals surface area contributed by atoms with Crippen LogP contribution in [0.3, 0.4) is 0 Å². The quantitative estimate of drug-likeness (QED) is 0.687. The Hall–Kier alpha value is -2.49. The van der Waals surface area contributed by atoms with E-state index in [4.69, 9.17) is 4.74 Å². The summed E-state index contributed by atoms with van der Waals surface area (Å²) in [5.74, 6) is 0.509. The van der Waals surface area contributed by atoms with E-state index in [1.807, 2.05) is 30.3 Å². The van der Waals surface area contributed by atoms with Crippen molar-refractivity contribution in [1.29, 1.82) is 0 Å². The molecule has 0 spiro atoms. The summed E-state index contributed by atoms with van der Waals surface area (Å²) in [5, 5.41) is 1.07. The summed E-state index contributed by atoms with van der Waals surface area (Å²) >= 11 is 0. The molecule has 0 fully saturated rings. The molecule has 2 aromatic heterocycles. The van der Waals surface area contributed by atoms with E-state index in [1.165, 1.54) is 0 Å². The molecule has 0 atom stereocenters. The van der Waals surface area contributed by atoms with Gasteiger partial charge in [0.15, 0.2) is 0 Å². The molecule has 0 unspecified atom stereocenters. The van der Waals surface area contributed by atoms with Crippen LogP contribution in [0.5, 0.6) is 5.88 Å². The van der Waals surface area contributed by atoms with Crippen LogP contribution in [0.2, 0.25) is 0 Å². The van der Waals surface area contributed by atoms with Crippen LogP contribution < -0.4 is 4.74 Å². The largest absolute Gasteiger partial charge is 0.479 e. The Bertz CT molecular complexity index is 697. The molecule has 2 heterocycles. The van der Waals surface area contributed by atoms with Gasteiger partial charge in [0, 0.05) is 29.5 Å². The minimum absolute atomic E-state index is 0.509. The third-order valence-electron chi connectivity index (χ3n) is 2.72. The van der Waals surface area contributed by atoms with Gasteiger partial charge in [-0.15, -0.1) is 0 Å². The third-order valence-corrected chi connectivity index (χ3v) is 2.72. The summed E-state index contributed by atoms with van der Waals surface area (Å²) < 4.78 is 5.21. The predicted octanol–water partition coefficient (Wildman–Crippen LogP) is 2.70. The lowest BCUT2D eigenvalue weighted by molar-refractivity contribution is 0.398. The van der Waals surface area contributed by atoms with E-state index in [1.54, 1.807) is 25.7 Å². The Morgan fingerprint density at radius 1 is 1.00 bits per heavy atom. The molecule has 3 rings (SSSR count). The highest BCUT2D eigenvalue weighted by molar-refractivity contribution is 5.83. The van der Waals surface area contributed by atoms with Crippen LogP contribution >= 0.6 is 0 Å². The number of hydrogen-bond acceptors (Lipinski definition) is 4. The predicted molar refractivity (Wildman–Crippen MR) is 69.3 cm³/mol. The topological polar surface area (TPSA) is 47.9 Å². The third kappa shape index (κ3) is 1.78. The van der Waals surface area contributed by atoms with Gasteiger partial charge in [-0.25, -0.2) is 9.97 Å². The lowest BCUT2D eigenvalue weighted by Gasteiger charge is -2.06. The van der Waals surface area contributed by atoms with E-state index < -0.39 is 0 Å². The summed E-state index contributed by atoms with van der Waals surface area (Å²) in [6, 6.07) is 10.00. The van der Waals surface area contributed by atoms with Gasteiger partial charge in [0.05, 0.1) is 12.6 Å². The van der Waals surface area contributed by atoms with Crippen LogP contribution in [0.4, 0.5) is 0 Å². The maximum Gasteiger partial charge on any atom is 0.240 e. The first kappa shape index (κ1) is 10.7. The molecule has 0 N–H and O–H groups in total. The first-order valence-electron chi connectivity index (χ1n) is 5.58. The fraction of sp³-hybridized carbons (Fsp3) is 0.0714. The van der Waals surface area contributed by atoms with Crippen molar-refractivity contribution in [3.8, 4) is 17.1 Å². The van der Waals surface area contributed by atoms with Crippen molar-refractivity contribution in [2.75, 3.05) is 7.11 Å². The number of aromatic nitrogens is 3. The Labute approximate surface area is 104 Å². The van der Waals surface area contributed by atoms with Gasteiger partial charge >= 0.3 is 0 Å². The number of para-hydroxylation sites is 1. The first-order chi connectivity index (χ1) is 8.88. The fourth-order valence-corrected chi connectivity index (χ4v) is 1.87. The van der Waals surface area contributed by atoms with Crippen LogP contribution in [0, 0.1) is 0 Å². The standard InChI is InChI=1S/C14H11N3O/c1-18-14-13(15-6-7-16-14)11-8-10-4-2-3-5-12(10)17-9-11/h2-9H,1H3. The van der Waals surface area contributed by atoms with Gasteiger partial charge in [0.2, 0.25) is 5.88 Å². The zero-order valence-corrected chi connectivity index (χ0v) is 9.87. The van der Waals surface area contributed by atoms with Crippen molar-refractivity contribution in [3.05, 3.63) is 48.9 Å². The highest BCUT2D eigenvalue weighted by atomic mass is 16.5. The molecule has 4 nitrogen and oxygen atoms in total. The number of nitrogens with zero attached hydrogens (tertiary/aromatic N) is 3. The highest BCUT2D eigenvalue weighted by Crippen LogP contribution is 2.26. The van der Waals surface area contributed by atoms with Crippen molar-refractivity contribution in [2.45, 2.75) is 0 Å². The van der Waals surface area contributed by atoms with Gasteiger partial charge in [-0.2, -0.15) is 0 Å². The van der Waals surface area contributed by atoms with Crippen LogP contribution in [0.25, 0.3) is 22.2 Å². The van der Waals surface area contributed by atoms with Crippen LogP contribution in [-0.2, 0) is 0 Å². The maximum atomic E-state index is 5.21. The zero-order chi connectivity index (χ0) is 12.4. The summed E-state index contributed by atoms with van der Waals surface area (Å²) in [7, 11) is 1.59. The molecule has 88 valence electrons. The number of pyridine rings is 1. The Morgan fingerprint density at radius 2 is 1.83 bits per heavy atom. The molecule has 0 saturated heterocycles. The van der Waals surface area contributed by atoms with Crippen LogP contribution in [0.1, 0.15) is 0 Å². The summed E-state index contributed by atoms with van der Waals surface area (Å²) in [4.78, 5) is 12.8. The molecule has 0 bridgehead atoms. The molecule has 3 aromatic rings. The lowest BCUT2D eigenvalue weighted by atomic mass is 10.1. The fourth-order valence-electron chi connectivity index (χ4n) is 1.87. The second-order valence-electron chi connectivity index (χ2n) is 3.83. The highest BCUT2D eigenvalue weighted by Gasteiger charge is 2.08. The molecule has 0 aliphatic rings. The molecule has 1 aromatic carbocycles. The van der Waals surface area contributed by atoms with E-state index in [0.29, 0.717) is 11.6 Å². The monoisotopic (exact) mass is 237 g/mol. The minimum atomic E-state index is 0.509. The van der Waals surface area contributed by atoms with Gasteiger partial charge in [0.1, 0.15) is 5.69 Å². The normalized spacial score (nSPS) is 10.5. The van der Waals surface area contributed by atoms with E-state index >= 15 is 0 Å². The minimum Gasteiger partial charge on any atom is -0.479 e. The van der Waals surface area contributed by atoms with Crippen molar-refractivity contribution in [1.82, 2.24) is 15.0 Å². The second-order valence-corrected chi connectivity index (χ2v) is 3.83. The van der Waals surface area contributed by atoms with Gasteiger partial charge in [0.25, 0.3) is 0 Å². The molecule has 0 aliphatic carbocycles. The first-order valence-corrected chi connectivity index (χ1v) is 5.58. The molecule has 4 heteroatoms. The Morgan fingerprint density at radius 3 is 2.72 bits per heavy atom. The Kier molecular flexibility index (Phi) is 2.61. The number of fused-ring (bicyclic) bond motifs is 1. The van der Waals surface area contributed by atoms with Crippen LogP contribution in [-0.4, -0.2) is 22.1 Å². The van der Waals surface area contributed by atoms with E-state index in [9.17, 15) is 0 Å². The van der Waals surface area contributed by atoms with Crippen molar-refractivity contribution < 1.29 is 4.74 Å². The SMILES string of the molecule is COc1nccnc1-c1cnc2ccccc2c1. The van der Waals surface area contributed by atoms with Crippen LogP contribution in [0.15, 0.2) is 48.9 Å². The maximum absolute atomic E-state index is 5.21. The Balaban J connectivity index is 2.19. The number of benzene rings is 1. The summed E-state index contributed by atoms with van der Waals surface area (Å²) in [6.45, 7) is 0. The molecule has 18 heavy (non-hydrogen) atoms. The second kappa shape index (κ2) is 4.41. The lowest BCUT2D eigenvalue weighted by Crippen LogP contribution is -1.94. The molecular formula is C14H11N3O. The molecule has 0 radical (unpaired) electrons. The smallest absolute Gasteiger partial charge is 0.240 e. The number of hydrogen-bond donors (Lipinski definition) is 0. The molecule has 0 aliphatic heterocycles. The van der Waals surface area contributed by atoms with E-state index in [-0.39, 0.29) is 0 Å². The van der Waals surface area contributed by atoms with Crippen molar-refractivity contribution >= 4 is 10.9 Å². The van der Waals surface area contributed by atoms with Gasteiger partial charge in [-0.1, -0.05) is 18.2 Å². The molecular weight excluding hydrogens is 226 g/mol. The van der Waals surface area contributed by atoms with Crippen molar-refractivity contribution in [3.63, 3.8) is 0 Å². The summed E-state index contributed by atoms with van der Waals surface area (Å²) in [6.07, 6.45) is 5.04. The molecule has 0 saturated carbocycles. The zero-order valence-electron chi connectivity index (χ0n) is 9.87.